The van der Waals surface area contributed by atoms with E-state index in [1.165, 1.54) is 23.4 Å². The van der Waals surface area contributed by atoms with Crippen LogP contribution in [-0.2, 0) is 14.3 Å². The fourth-order valence-electron chi connectivity index (χ4n) is 4.31. The zero-order chi connectivity index (χ0) is 16.1. The van der Waals surface area contributed by atoms with Crippen LogP contribution in [0.5, 0.6) is 0 Å². The maximum absolute atomic E-state index is 11.6. The molecule has 1 aliphatic heterocycles. The van der Waals surface area contributed by atoms with Gasteiger partial charge in [-0.3, -0.25) is 4.79 Å². The fourth-order valence-corrected chi connectivity index (χ4v) is 4.94. The van der Waals surface area contributed by atoms with Crippen LogP contribution in [0, 0.1) is 17.3 Å². The summed E-state index contributed by atoms with van der Waals surface area (Å²) in [5.41, 5.74) is 1.72. The molecule has 0 aromatic carbocycles. The summed E-state index contributed by atoms with van der Waals surface area (Å²) in [5.74, 6) is -0.603. The van der Waals surface area contributed by atoms with Gasteiger partial charge in [0.15, 0.2) is 5.12 Å². The number of esters is 1. The minimum atomic E-state index is -1.45. The van der Waals surface area contributed by atoms with E-state index >= 15 is 0 Å². The Morgan fingerprint density at radius 3 is 2.91 bits per heavy atom. The van der Waals surface area contributed by atoms with Crippen LogP contribution in [0.3, 0.4) is 0 Å². The molecule has 0 saturated heterocycles. The van der Waals surface area contributed by atoms with E-state index in [1.807, 2.05) is 0 Å². The summed E-state index contributed by atoms with van der Waals surface area (Å²) in [6, 6.07) is 0. The first-order chi connectivity index (χ1) is 10.2. The summed E-state index contributed by atoms with van der Waals surface area (Å²) in [5, 5.41) is 10.9. The highest BCUT2D eigenvalue weighted by atomic mass is 32.2. The number of allylic oxidation sites excluding steroid dienone is 1. The van der Waals surface area contributed by atoms with Gasteiger partial charge in [-0.2, -0.15) is 0 Å². The van der Waals surface area contributed by atoms with Crippen LogP contribution < -0.4 is 0 Å². The Hall–Kier alpha value is -1.07. The molecule has 1 heterocycles. The van der Waals surface area contributed by atoms with E-state index in [4.69, 9.17) is 4.74 Å². The van der Waals surface area contributed by atoms with Crippen molar-refractivity contribution in [2.24, 2.45) is 17.3 Å². The van der Waals surface area contributed by atoms with Crippen molar-refractivity contribution in [3.8, 4) is 0 Å². The SMILES string of the molecule is CC(=O)SCC1=CC2CC3(O)OC(=O)C=C3C(C)(C)C2CC1. The number of rotatable bonds is 2. The van der Waals surface area contributed by atoms with Gasteiger partial charge in [0, 0.05) is 30.7 Å². The number of hydrogen-bond donors (Lipinski definition) is 1. The third kappa shape index (κ3) is 2.54. The van der Waals surface area contributed by atoms with Gasteiger partial charge in [-0.05, 0) is 30.1 Å². The lowest BCUT2D eigenvalue weighted by Gasteiger charge is -2.51. The molecule has 5 heteroatoms. The molecule has 0 bridgehead atoms. The van der Waals surface area contributed by atoms with E-state index in [1.54, 1.807) is 6.92 Å². The van der Waals surface area contributed by atoms with Crippen LogP contribution in [0.2, 0.25) is 0 Å². The molecule has 3 rings (SSSR count). The summed E-state index contributed by atoms with van der Waals surface area (Å²) in [4.78, 5) is 22.8. The first kappa shape index (κ1) is 15.8. The van der Waals surface area contributed by atoms with Gasteiger partial charge in [0.1, 0.15) is 0 Å². The van der Waals surface area contributed by atoms with Crippen molar-refractivity contribution < 1.29 is 19.4 Å². The summed E-state index contributed by atoms with van der Waals surface area (Å²) in [7, 11) is 0. The Morgan fingerprint density at radius 2 is 2.23 bits per heavy atom. The molecule has 120 valence electrons. The maximum Gasteiger partial charge on any atom is 0.333 e. The second-order valence-corrected chi connectivity index (χ2v) is 8.26. The second kappa shape index (κ2) is 5.24. The van der Waals surface area contributed by atoms with Gasteiger partial charge < -0.3 is 9.84 Å². The molecule has 22 heavy (non-hydrogen) atoms. The molecule has 1 N–H and O–H groups in total. The molecule has 4 nitrogen and oxygen atoms in total. The zero-order valence-electron chi connectivity index (χ0n) is 13.2. The van der Waals surface area contributed by atoms with Gasteiger partial charge in [-0.15, -0.1) is 0 Å². The smallest absolute Gasteiger partial charge is 0.333 e. The summed E-state index contributed by atoms with van der Waals surface area (Å²) in [6.07, 6.45) is 6.09. The number of carbonyl (C=O) groups is 2. The van der Waals surface area contributed by atoms with Gasteiger partial charge in [-0.1, -0.05) is 37.3 Å². The highest BCUT2D eigenvalue weighted by Gasteiger charge is 2.57. The Morgan fingerprint density at radius 1 is 1.50 bits per heavy atom. The fraction of sp³-hybridized carbons (Fsp3) is 0.647. The van der Waals surface area contributed by atoms with Crippen molar-refractivity contribution in [2.75, 3.05) is 5.75 Å². The zero-order valence-corrected chi connectivity index (χ0v) is 14.0. The maximum atomic E-state index is 11.6. The molecule has 0 amide bonds. The van der Waals surface area contributed by atoms with Gasteiger partial charge in [0.25, 0.3) is 0 Å². The summed E-state index contributed by atoms with van der Waals surface area (Å²) < 4.78 is 5.21. The monoisotopic (exact) mass is 322 g/mol. The van der Waals surface area contributed by atoms with Crippen LogP contribution in [-0.4, -0.2) is 27.7 Å². The Labute approximate surface area is 135 Å². The predicted molar refractivity (Wildman–Crippen MR) is 85.0 cm³/mol. The van der Waals surface area contributed by atoms with E-state index in [0.717, 1.165) is 24.2 Å². The van der Waals surface area contributed by atoms with Crippen molar-refractivity contribution >= 4 is 22.8 Å². The minimum absolute atomic E-state index is 0.126. The highest BCUT2D eigenvalue weighted by Crippen LogP contribution is 2.57. The number of fused-ring (bicyclic) bond motifs is 2. The lowest BCUT2D eigenvalue weighted by Crippen LogP contribution is -2.50. The number of ether oxygens (including phenoxy) is 1. The summed E-state index contributed by atoms with van der Waals surface area (Å²) in [6.45, 7) is 5.76. The van der Waals surface area contributed by atoms with Crippen molar-refractivity contribution in [2.45, 2.75) is 45.8 Å². The first-order valence-corrected chi connectivity index (χ1v) is 8.72. The van der Waals surface area contributed by atoms with Crippen LogP contribution in [0.1, 0.15) is 40.0 Å². The standard InChI is InChI=1S/C17H22O4S/c1-10(18)22-9-11-4-5-13-12(6-11)8-17(20)14(16(13,2)3)7-15(19)21-17/h6-7,12-13,20H,4-5,8-9H2,1-3H3. The van der Waals surface area contributed by atoms with Gasteiger partial charge in [0.05, 0.1) is 0 Å². The van der Waals surface area contributed by atoms with Crippen molar-refractivity contribution in [3.63, 3.8) is 0 Å². The Balaban J connectivity index is 1.87. The topological polar surface area (TPSA) is 63.6 Å². The molecular formula is C17H22O4S. The number of hydrogen-bond acceptors (Lipinski definition) is 5. The van der Waals surface area contributed by atoms with Crippen LogP contribution in [0.15, 0.2) is 23.3 Å². The molecule has 3 unspecified atom stereocenters. The van der Waals surface area contributed by atoms with E-state index in [9.17, 15) is 14.7 Å². The number of aliphatic hydroxyl groups is 1. The minimum Gasteiger partial charge on any atom is -0.426 e. The lowest BCUT2D eigenvalue weighted by molar-refractivity contribution is -0.201. The van der Waals surface area contributed by atoms with E-state index in [0.29, 0.717) is 12.3 Å². The van der Waals surface area contributed by atoms with Gasteiger partial charge in [-0.25, -0.2) is 4.79 Å². The third-order valence-corrected chi connectivity index (χ3v) is 6.21. The molecule has 3 atom stereocenters. The second-order valence-electron chi connectivity index (χ2n) is 7.10. The molecule has 0 aromatic rings. The largest absolute Gasteiger partial charge is 0.426 e. The van der Waals surface area contributed by atoms with Crippen LogP contribution >= 0.6 is 11.8 Å². The molecule has 3 aliphatic rings. The van der Waals surface area contributed by atoms with Gasteiger partial charge in [0.2, 0.25) is 5.79 Å². The Bertz CT molecular complexity index is 589. The molecule has 0 aromatic heterocycles. The average Bonchev–Trinajstić information content (AvgIpc) is 2.71. The molecule has 1 saturated carbocycles. The quantitative estimate of drug-likeness (QED) is 0.625. The summed E-state index contributed by atoms with van der Waals surface area (Å²) >= 11 is 1.33. The molecule has 1 fully saturated rings. The Kier molecular flexibility index (Phi) is 3.76. The van der Waals surface area contributed by atoms with Crippen LogP contribution in [0.4, 0.5) is 0 Å². The molecule has 2 aliphatic carbocycles. The van der Waals surface area contributed by atoms with E-state index in [2.05, 4.69) is 19.9 Å². The van der Waals surface area contributed by atoms with Gasteiger partial charge >= 0.3 is 5.97 Å². The third-order valence-electron chi connectivity index (χ3n) is 5.29. The molecular weight excluding hydrogens is 300 g/mol. The van der Waals surface area contributed by atoms with E-state index < -0.39 is 11.8 Å². The van der Waals surface area contributed by atoms with Crippen molar-refractivity contribution in [1.82, 2.24) is 0 Å². The lowest BCUT2D eigenvalue weighted by atomic mass is 9.56. The predicted octanol–water partition coefficient (Wildman–Crippen LogP) is 2.82. The number of carbonyl (C=O) groups excluding carboxylic acids is 2. The highest BCUT2D eigenvalue weighted by molar-refractivity contribution is 8.13. The molecule has 0 radical (unpaired) electrons. The number of thioether (sulfide) groups is 1. The van der Waals surface area contributed by atoms with E-state index in [-0.39, 0.29) is 16.4 Å². The van der Waals surface area contributed by atoms with Crippen molar-refractivity contribution in [1.29, 1.82) is 0 Å². The van der Waals surface area contributed by atoms with Crippen molar-refractivity contribution in [3.05, 3.63) is 23.3 Å². The first-order valence-electron chi connectivity index (χ1n) is 7.73. The molecule has 0 spiro atoms. The van der Waals surface area contributed by atoms with Crippen LogP contribution in [0.25, 0.3) is 0 Å². The average molecular weight is 322 g/mol. The normalized spacial score (nSPS) is 35.9.